The zero-order valence-electron chi connectivity index (χ0n) is 10.5. The number of aromatic nitrogens is 1. The van der Waals surface area contributed by atoms with Crippen molar-refractivity contribution in [2.24, 2.45) is 0 Å². The highest BCUT2D eigenvalue weighted by atomic mass is 79.9. The summed E-state index contributed by atoms with van der Waals surface area (Å²) in [5.74, 6) is 1.92. The molecule has 3 aromatic rings. The largest absolute Gasteiger partial charge is 0.457 e. The van der Waals surface area contributed by atoms with Gasteiger partial charge in [0.05, 0.1) is 11.6 Å². The van der Waals surface area contributed by atoms with Crippen molar-refractivity contribution in [1.29, 1.82) is 0 Å². The Morgan fingerprint density at radius 2 is 1.70 bits per heavy atom. The fourth-order valence-corrected chi connectivity index (χ4v) is 2.51. The van der Waals surface area contributed by atoms with E-state index in [1.54, 1.807) is 6.20 Å². The van der Waals surface area contributed by atoms with E-state index in [-0.39, 0.29) is 0 Å². The van der Waals surface area contributed by atoms with Crippen molar-refractivity contribution in [2.45, 2.75) is 5.88 Å². The van der Waals surface area contributed by atoms with E-state index < -0.39 is 0 Å². The van der Waals surface area contributed by atoms with E-state index in [0.717, 1.165) is 27.1 Å². The number of nitrogens with zero attached hydrogens (tertiary/aromatic N) is 1. The molecule has 0 amide bonds. The summed E-state index contributed by atoms with van der Waals surface area (Å²) in [6.07, 6.45) is 1.70. The number of alkyl halides is 1. The zero-order valence-corrected chi connectivity index (χ0v) is 12.9. The third-order valence-electron chi connectivity index (χ3n) is 2.93. The maximum atomic E-state index is 5.85. The second-order valence-electron chi connectivity index (χ2n) is 4.37. The highest BCUT2D eigenvalue weighted by Gasteiger charge is 2.02. The van der Waals surface area contributed by atoms with E-state index in [1.807, 2.05) is 36.4 Å². The van der Waals surface area contributed by atoms with E-state index in [9.17, 15) is 0 Å². The van der Waals surface area contributed by atoms with Crippen LogP contribution < -0.4 is 4.74 Å². The highest BCUT2D eigenvalue weighted by Crippen LogP contribution is 2.27. The van der Waals surface area contributed by atoms with Gasteiger partial charge in [-0.2, -0.15) is 0 Å². The van der Waals surface area contributed by atoms with Crippen LogP contribution in [0.15, 0.2) is 59.2 Å². The highest BCUT2D eigenvalue weighted by molar-refractivity contribution is 9.10. The molecule has 4 heteroatoms. The fraction of sp³-hybridized carbons (Fsp3) is 0.0625. The van der Waals surface area contributed by atoms with Crippen LogP contribution in [0.2, 0.25) is 0 Å². The minimum Gasteiger partial charge on any atom is -0.457 e. The van der Waals surface area contributed by atoms with Crippen LogP contribution in [0.5, 0.6) is 11.5 Å². The summed E-state index contributed by atoms with van der Waals surface area (Å²) in [6, 6.07) is 15.8. The number of pyridine rings is 1. The third-order valence-corrected chi connectivity index (χ3v) is 3.70. The number of ether oxygens (including phenoxy) is 1. The molecular formula is C16H11BrClNO. The van der Waals surface area contributed by atoms with Gasteiger partial charge >= 0.3 is 0 Å². The first-order valence-corrected chi connectivity index (χ1v) is 7.45. The molecule has 2 nitrogen and oxygen atoms in total. The molecule has 0 aliphatic carbocycles. The summed E-state index contributed by atoms with van der Waals surface area (Å²) in [5, 5.41) is 2.31. The van der Waals surface area contributed by atoms with Crippen molar-refractivity contribution in [1.82, 2.24) is 4.98 Å². The molecule has 1 heterocycles. The standard InChI is InChI=1S/C16H11BrClNO/c17-13-3-1-12-8-15(4-2-11(12)7-13)20-16-5-6-19-14(9-16)10-18/h1-9H,10H2. The molecule has 0 saturated heterocycles. The molecule has 0 saturated carbocycles. The van der Waals surface area contributed by atoms with Crippen LogP contribution in [-0.4, -0.2) is 4.98 Å². The molecule has 0 unspecified atom stereocenters. The molecule has 0 bridgehead atoms. The average Bonchev–Trinajstić information content (AvgIpc) is 2.47. The summed E-state index contributed by atoms with van der Waals surface area (Å²) >= 11 is 9.24. The molecule has 0 fully saturated rings. The Balaban J connectivity index is 1.92. The first kappa shape index (κ1) is 13.4. The van der Waals surface area contributed by atoms with Crippen molar-refractivity contribution < 1.29 is 4.74 Å². The maximum absolute atomic E-state index is 5.85. The van der Waals surface area contributed by atoms with Gasteiger partial charge in [-0.3, -0.25) is 4.98 Å². The van der Waals surface area contributed by atoms with Crippen molar-refractivity contribution in [3.8, 4) is 11.5 Å². The van der Waals surface area contributed by atoms with E-state index in [1.165, 1.54) is 5.39 Å². The minimum atomic E-state index is 0.378. The Kier molecular flexibility index (Phi) is 3.90. The molecule has 2 aromatic carbocycles. The van der Waals surface area contributed by atoms with Crippen molar-refractivity contribution in [3.05, 3.63) is 64.9 Å². The SMILES string of the molecule is ClCc1cc(Oc2ccc3cc(Br)ccc3c2)ccn1. The monoisotopic (exact) mass is 347 g/mol. The van der Waals surface area contributed by atoms with Gasteiger partial charge in [0.1, 0.15) is 11.5 Å². The van der Waals surface area contributed by atoms with Gasteiger partial charge in [0.25, 0.3) is 0 Å². The molecule has 0 spiro atoms. The normalized spacial score (nSPS) is 10.7. The van der Waals surface area contributed by atoms with E-state index in [4.69, 9.17) is 16.3 Å². The van der Waals surface area contributed by atoms with E-state index in [2.05, 4.69) is 33.0 Å². The number of rotatable bonds is 3. The smallest absolute Gasteiger partial charge is 0.130 e. The summed E-state index contributed by atoms with van der Waals surface area (Å²) < 4.78 is 6.92. The Bertz CT molecular complexity index is 760. The average molecular weight is 349 g/mol. The van der Waals surface area contributed by atoms with Crippen molar-refractivity contribution >= 4 is 38.3 Å². The van der Waals surface area contributed by atoms with Gasteiger partial charge in [0.15, 0.2) is 0 Å². The van der Waals surface area contributed by atoms with Crippen molar-refractivity contribution in [2.75, 3.05) is 0 Å². The summed E-state index contributed by atoms with van der Waals surface area (Å²) in [5.41, 5.74) is 0.800. The second kappa shape index (κ2) is 5.81. The summed E-state index contributed by atoms with van der Waals surface area (Å²) in [6.45, 7) is 0. The number of hydrogen-bond donors (Lipinski definition) is 0. The lowest BCUT2D eigenvalue weighted by atomic mass is 10.1. The van der Waals surface area contributed by atoms with Crippen LogP contribution >= 0.6 is 27.5 Å². The van der Waals surface area contributed by atoms with Gasteiger partial charge in [-0.25, -0.2) is 0 Å². The molecule has 0 atom stereocenters. The quantitative estimate of drug-likeness (QED) is 0.581. The van der Waals surface area contributed by atoms with Crippen LogP contribution in [0.25, 0.3) is 10.8 Å². The predicted octanol–water partition coefficient (Wildman–Crippen LogP) is 5.53. The first-order chi connectivity index (χ1) is 9.74. The molecule has 0 aliphatic heterocycles. The minimum absolute atomic E-state index is 0.378. The Morgan fingerprint density at radius 1 is 0.950 bits per heavy atom. The van der Waals surface area contributed by atoms with Crippen LogP contribution in [-0.2, 0) is 5.88 Å². The zero-order chi connectivity index (χ0) is 13.9. The molecule has 0 N–H and O–H groups in total. The Morgan fingerprint density at radius 3 is 2.55 bits per heavy atom. The number of halogens is 2. The van der Waals surface area contributed by atoms with Gasteiger partial charge in [-0.1, -0.05) is 28.1 Å². The molecule has 0 aliphatic rings. The Hall–Kier alpha value is -1.58. The lowest BCUT2D eigenvalue weighted by Gasteiger charge is -2.07. The lowest BCUT2D eigenvalue weighted by Crippen LogP contribution is -1.88. The predicted molar refractivity (Wildman–Crippen MR) is 85.5 cm³/mol. The van der Waals surface area contributed by atoms with E-state index in [0.29, 0.717) is 5.88 Å². The summed E-state index contributed by atoms with van der Waals surface area (Å²) in [7, 11) is 0. The molecular weight excluding hydrogens is 338 g/mol. The van der Waals surface area contributed by atoms with Crippen molar-refractivity contribution in [3.63, 3.8) is 0 Å². The van der Waals surface area contributed by atoms with Crippen LogP contribution in [0.4, 0.5) is 0 Å². The molecule has 100 valence electrons. The molecule has 20 heavy (non-hydrogen) atoms. The van der Waals surface area contributed by atoms with Gasteiger partial charge < -0.3 is 4.74 Å². The first-order valence-electron chi connectivity index (χ1n) is 6.13. The van der Waals surface area contributed by atoms with Crippen LogP contribution in [0.3, 0.4) is 0 Å². The van der Waals surface area contributed by atoms with Gasteiger partial charge in [-0.05, 0) is 41.1 Å². The molecule has 3 rings (SSSR count). The molecule has 0 radical (unpaired) electrons. The molecule has 1 aromatic heterocycles. The van der Waals surface area contributed by atoms with Gasteiger partial charge in [0, 0.05) is 16.7 Å². The van der Waals surface area contributed by atoms with Gasteiger partial charge in [-0.15, -0.1) is 11.6 Å². The van der Waals surface area contributed by atoms with Crippen LogP contribution in [0, 0.1) is 0 Å². The second-order valence-corrected chi connectivity index (χ2v) is 5.55. The number of benzene rings is 2. The Labute approximate surface area is 130 Å². The van der Waals surface area contributed by atoms with Gasteiger partial charge in [0.2, 0.25) is 0 Å². The lowest BCUT2D eigenvalue weighted by molar-refractivity contribution is 0.482. The van der Waals surface area contributed by atoms with Crippen LogP contribution in [0.1, 0.15) is 5.69 Å². The van der Waals surface area contributed by atoms with E-state index >= 15 is 0 Å². The number of hydrogen-bond acceptors (Lipinski definition) is 2. The maximum Gasteiger partial charge on any atom is 0.130 e. The third kappa shape index (κ3) is 2.94. The fourth-order valence-electron chi connectivity index (χ4n) is 1.99. The number of fused-ring (bicyclic) bond motifs is 1. The summed E-state index contributed by atoms with van der Waals surface area (Å²) in [4.78, 5) is 4.14. The topological polar surface area (TPSA) is 22.1 Å².